The van der Waals surface area contributed by atoms with Gasteiger partial charge < -0.3 is 14.8 Å². The molecule has 6 heteroatoms. The molecule has 5 nitrogen and oxygen atoms in total. The zero-order valence-corrected chi connectivity index (χ0v) is 10.9. The summed E-state index contributed by atoms with van der Waals surface area (Å²) < 4.78 is 5.66. The lowest BCUT2D eigenvalue weighted by atomic mass is 10.1. The number of rotatable bonds is 5. The van der Waals surface area contributed by atoms with Gasteiger partial charge in [-0.25, -0.2) is 4.79 Å². The smallest absolute Gasteiger partial charge is 0.329 e. The van der Waals surface area contributed by atoms with Gasteiger partial charge in [-0.15, -0.1) is 0 Å². The minimum Gasteiger partial charge on any atom is -0.480 e. The molecule has 1 aromatic heterocycles. The number of carboxylic acid groups (broad SMARTS) is 1. The van der Waals surface area contributed by atoms with Crippen LogP contribution in [0.5, 0.6) is 0 Å². The molecule has 2 rings (SSSR count). The fourth-order valence-corrected chi connectivity index (χ4v) is 1.99. The van der Waals surface area contributed by atoms with E-state index in [1.807, 2.05) is 18.2 Å². The Morgan fingerprint density at radius 3 is 2.83 bits per heavy atom. The van der Waals surface area contributed by atoms with Crippen LogP contribution in [0.25, 0.3) is 10.9 Å². The summed E-state index contributed by atoms with van der Waals surface area (Å²) in [5.74, 6) is -1.34. The summed E-state index contributed by atoms with van der Waals surface area (Å²) in [5, 5.41) is 9.20. The van der Waals surface area contributed by atoms with E-state index in [-0.39, 0.29) is 12.4 Å². The third-order valence-electron chi connectivity index (χ3n) is 2.40. The van der Waals surface area contributed by atoms with Crippen LogP contribution in [0, 0.1) is 0 Å². The maximum absolute atomic E-state index is 11.9. The molecule has 0 aliphatic carbocycles. The topological polar surface area (TPSA) is 79.4 Å². The minimum atomic E-state index is -1.09. The summed E-state index contributed by atoms with van der Waals surface area (Å²) in [5.41, 5.74) is 1.34. The van der Waals surface area contributed by atoms with E-state index in [1.165, 1.54) is 0 Å². The number of H-pyrrole nitrogens is 1. The number of halogens is 1. The number of aromatic nitrogens is 1. The molecule has 0 saturated heterocycles. The number of nitrogens with one attached hydrogen (secondary N) is 1. The van der Waals surface area contributed by atoms with E-state index in [9.17, 15) is 9.59 Å². The van der Waals surface area contributed by atoms with Gasteiger partial charge in [0.05, 0.1) is 0 Å². The maximum atomic E-state index is 11.9. The first-order valence-electron chi connectivity index (χ1n) is 5.17. The predicted octanol–water partition coefficient (Wildman–Crippen LogP) is 2.21. The van der Waals surface area contributed by atoms with E-state index < -0.39 is 12.6 Å². The van der Waals surface area contributed by atoms with Gasteiger partial charge in [-0.05, 0) is 18.2 Å². The quantitative estimate of drug-likeness (QED) is 0.830. The predicted molar refractivity (Wildman–Crippen MR) is 68.8 cm³/mol. The number of ether oxygens (including phenoxy) is 1. The van der Waals surface area contributed by atoms with Crippen LogP contribution in [0.4, 0.5) is 0 Å². The van der Waals surface area contributed by atoms with Crippen LogP contribution < -0.4 is 0 Å². The molecule has 0 saturated carbocycles. The number of fused-ring (bicyclic) bond motifs is 1. The van der Waals surface area contributed by atoms with Crippen molar-refractivity contribution in [1.29, 1.82) is 0 Å². The van der Waals surface area contributed by atoms with Crippen LogP contribution in [0.15, 0.2) is 28.9 Å². The number of aliphatic carboxylic acids is 1. The van der Waals surface area contributed by atoms with E-state index in [0.717, 1.165) is 15.4 Å². The van der Waals surface area contributed by atoms with Gasteiger partial charge in [-0.3, -0.25) is 4.79 Å². The van der Waals surface area contributed by atoms with Gasteiger partial charge in [-0.2, -0.15) is 0 Å². The van der Waals surface area contributed by atoms with Crippen LogP contribution in [0.3, 0.4) is 0 Å². The third kappa shape index (κ3) is 2.77. The molecular formula is C12H10BrNO4. The Hall–Kier alpha value is -1.66. The number of hydrogen-bond acceptors (Lipinski definition) is 3. The molecule has 2 aromatic rings. The van der Waals surface area contributed by atoms with E-state index in [1.54, 1.807) is 6.20 Å². The summed E-state index contributed by atoms with van der Waals surface area (Å²) in [6.07, 6.45) is 1.60. The molecule has 0 bridgehead atoms. The number of carboxylic acids is 1. The maximum Gasteiger partial charge on any atom is 0.329 e. The lowest BCUT2D eigenvalue weighted by Crippen LogP contribution is -2.14. The fourth-order valence-electron chi connectivity index (χ4n) is 1.63. The highest BCUT2D eigenvalue weighted by Crippen LogP contribution is 2.23. The molecule has 0 atom stereocenters. The van der Waals surface area contributed by atoms with E-state index in [2.05, 4.69) is 20.9 Å². The average molecular weight is 312 g/mol. The summed E-state index contributed by atoms with van der Waals surface area (Å²) in [4.78, 5) is 25.1. The summed E-state index contributed by atoms with van der Waals surface area (Å²) in [7, 11) is 0. The largest absolute Gasteiger partial charge is 0.480 e. The van der Waals surface area contributed by atoms with Crippen LogP contribution in [-0.4, -0.2) is 35.1 Å². The van der Waals surface area contributed by atoms with Gasteiger partial charge in [0, 0.05) is 27.1 Å². The Bertz CT molecular complexity index is 605. The zero-order valence-electron chi connectivity index (χ0n) is 9.27. The first-order chi connectivity index (χ1) is 8.58. The highest BCUT2D eigenvalue weighted by atomic mass is 79.9. The van der Waals surface area contributed by atoms with Crippen LogP contribution in [-0.2, 0) is 9.53 Å². The van der Waals surface area contributed by atoms with Gasteiger partial charge in [0.15, 0.2) is 5.78 Å². The van der Waals surface area contributed by atoms with Crippen molar-refractivity contribution >= 4 is 38.6 Å². The molecule has 2 N–H and O–H groups in total. The lowest BCUT2D eigenvalue weighted by Gasteiger charge is -2.00. The Balaban J connectivity index is 2.17. The van der Waals surface area contributed by atoms with Crippen molar-refractivity contribution < 1.29 is 19.4 Å². The third-order valence-corrected chi connectivity index (χ3v) is 2.90. The van der Waals surface area contributed by atoms with Crippen molar-refractivity contribution in [3.8, 4) is 0 Å². The Kier molecular flexibility index (Phi) is 3.78. The summed E-state index contributed by atoms with van der Waals surface area (Å²) in [6.45, 7) is -0.719. The number of Topliss-reactive ketones (excluding diaryl/α,β-unsaturated/α-hetero) is 1. The van der Waals surface area contributed by atoms with Gasteiger partial charge in [0.2, 0.25) is 0 Å². The second-order valence-electron chi connectivity index (χ2n) is 3.70. The zero-order chi connectivity index (χ0) is 13.1. The number of aromatic amines is 1. The van der Waals surface area contributed by atoms with Crippen molar-refractivity contribution in [3.05, 3.63) is 34.4 Å². The second-order valence-corrected chi connectivity index (χ2v) is 4.62. The first-order valence-corrected chi connectivity index (χ1v) is 5.96. The molecule has 0 spiro atoms. The number of hydrogen-bond donors (Lipinski definition) is 2. The lowest BCUT2D eigenvalue weighted by molar-refractivity contribution is -0.141. The van der Waals surface area contributed by atoms with E-state index >= 15 is 0 Å². The molecule has 0 aliphatic heterocycles. The average Bonchev–Trinajstić information content (AvgIpc) is 2.71. The fraction of sp³-hybridized carbons (Fsp3) is 0.167. The number of ketones is 1. The van der Waals surface area contributed by atoms with Crippen molar-refractivity contribution in [2.45, 2.75) is 0 Å². The van der Waals surface area contributed by atoms with Crippen molar-refractivity contribution in [2.24, 2.45) is 0 Å². The summed E-state index contributed by atoms with van der Waals surface area (Å²) >= 11 is 3.34. The normalized spacial score (nSPS) is 10.7. The molecule has 18 heavy (non-hydrogen) atoms. The molecular weight excluding hydrogens is 302 g/mol. The van der Waals surface area contributed by atoms with E-state index in [4.69, 9.17) is 9.84 Å². The van der Waals surface area contributed by atoms with Gasteiger partial charge >= 0.3 is 5.97 Å². The molecule has 0 aliphatic rings. The Morgan fingerprint density at radius 2 is 2.11 bits per heavy atom. The molecule has 1 heterocycles. The van der Waals surface area contributed by atoms with Crippen molar-refractivity contribution in [2.75, 3.05) is 13.2 Å². The SMILES string of the molecule is O=C(O)COCC(=O)c1c[nH]c2ccc(Br)cc12. The standard InChI is InChI=1S/C12H10BrNO4/c13-7-1-2-10-8(3-7)9(4-14-10)11(15)5-18-6-12(16)17/h1-4,14H,5-6H2,(H,16,17). The van der Waals surface area contributed by atoms with Gasteiger partial charge in [-0.1, -0.05) is 15.9 Å². The Morgan fingerprint density at radius 1 is 1.33 bits per heavy atom. The van der Waals surface area contributed by atoms with Gasteiger partial charge in [0.1, 0.15) is 13.2 Å². The number of carbonyl (C=O) groups is 2. The molecule has 0 amide bonds. The minimum absolute atomic E-state index is 0.244. The van der Waals surface area contributed by atoms with Crippen LogP contribution in [0.1, 0.15) is 10.4 Å². The van der Waals surface area contributed by atoms with Crippen LogP contribution in [0.2, 0.25) is 0 Å². The van der Waals surface area contributed by atoms with Crippen LogP contribution >= 0.6 is 15.9 Å². The Labute approximate surface area is 111 Å². The molecule has 0 fully saturated rings. The highest BCUT2D eigenvalue weighted by Gasteiger charge is 2.13. The van der Waals surface area contributed by atoms with Crippen molar-refractivity contribution in [1.82, 2.24) is 4.98 Å². The second kappa shape index (κ2) is 5.32. The number of benzene rings is 1. The number of carbonyl (C=O) groups excluding carboxylic acids is 1. The highest BCUT2D eigenvalue weighted by molar-refractivity contribution is 9.10. The van der Waals surface area contributed by atoms with Crippen molar-refractivity contribution in [3.63, 3.8) is 0 Å². The molecule has 1 aromatic carbocycles. The molecule has 94 valence electrons. The summed E-state index contributed by atoms with van der Waals surface area (Å²) in [6, 6.07) is 5.55. The molecule has 0 unspecified atom stereocenters. The van der Waals surface area contributed by atoms with E-state index in [0.29, 0.717) is 5.56 Å². The monoisotopic (exact) mass is 311 g/mol. The molecule has 0 radical (unpaired) electrons. The van der Waals surface area contributed by atoms with Gasteiger partial charge in [0.25, 0.3) is 0 Å². The first kappa shape index (κ1) is 12.8.